The molecule has 1 aliphatic rings. The standard InChI is InChI=1S/C18H16F2N6O/c19-12-5-4-10(15(21)27)9-11(12)16-23-17(26-25-16)24-18(6-2-7-18)14-13(20)3-1-8-22-14/h1,3-5,8-9H,2,6-7H2,(H2,21,27)(H2,23,24,25,26). The molecule has 0 radical (unpaired) electrons. The molecule has 4 rings (SSSR count). The van der Waals surface area contributed by atoms with Crippen LogP contribution in [0.1, 0.15) is 35.3 Å². The van der Waals surface area contributed by atoms with Gasteiger partial charge in [-0.25, -0.2) is 8.78 Å². The van der Waals surface area contributed by atoms with Gasteiger partial charge in [0, 0.05) is 11.8 Å². The lowest BCUT2D eigenvalue weighted by molar-refractivity contribution is 0.100. The summed E-state index contributed by atoms with van der Waals surface area (Å²) in [5.41, 5.74) is 5.10. The average Bonchev–Trinajstić information content (AvgIpc) is 3.07. The maximum atomic E-state index is 14.2. The lowest BCUT2D eigenvalue weighted by atomic mass is 9.74. The molecule has 0 spiro atoms. The second kappa shape index (κ2) is 6.42. The Morgan fingerprint density at radius 1 is 1.19 bits per heavy atom. The van der Waals surface area contributed by atoms with Gasteiger partial charge in [-0.15, -0.1) is 10.2 Å². The number of carbonyl (C=O) groups excluding carboxylic acids is 1. The lowest BCUT2D eigenvalue weighted by Gasteiger charge is -2.41. The van der Waals surface area contributed by atoms with Crippen molar-refractivity contribution in [1.29, 1.82) is 0 Å². The van der Waals surface area contributed by atoms with Gasteiger partial charge in [-0.2, -0.15) is 0 Å². The highest BCUT2D eigenvalue weighted by atomic mass is 19.1. The van der Waals surface area contributed by atoms with E-state index in [0.29, 0.717) is 18.5 Å². The molecule has 27 heavy (non-hydrogen) atoms. The zero-order chi connectivity index (χ0) is 19.0. The van der Waals surface area contributed by atoms with Crippen LogP contribution in [0.25, 0.3) is 11.4 Å². The quantitative estimate of drug-likeness (QED) is 0.640. The smallest absolute Gasteiger partial charge is 0.248 e. The summed E-state index contributed by atoms with van der Waals surface area (Å²) in [5.74, 6) is -1.25. The van der Waals surface area contributed by atoms with Crippen LogP contribution in [0.4, 0.5) is 14.7 Å². The molecule has 1 saturated carbocycles. The lowest BCUT2D eigenvalue weighted by Crippen LogP contribution is -2.44. The third kappa shape index (κ3) is 3.01. The monoisotopic (exact) mass is 370 g/mol. The average molecular weight is 370 g/mol. The van der Waals surface area contributed by atoms with Crippen LogP contribution in [-0.4, -0.2) is 26.1 Å². The number of amides is 1. The number of nitrogens with one attached hydrogen (secondary N) is 2. The largest absolute Gasteiger partial charge is 0.366 e. The van der Waals surface area contributed by atoms with Crippen LogP contribution >= 0.6 is 0 Å². The van der Waals surface area contributed by atoms with Crippen molar-refractivity contribution in [2.75, 3.05) is 5.32 Å². The van der Waals surface area contributed by atoms with E-state index in [1.807, 2.05) is 0 Å². The Kier molecular flexibility index (Phi) is 4.06. The summed E-state index contributed by atoms with van der Waals surface area (Å²) in [6.07, 6.45) is 3.82. The first-order chi connectivity index (χ1) is 13.0. The Morgan fingerprint density at radius 3 is 2.67 bits per heavy atom. The van der Waals surface area contributed by atoms with Gasteiger partial charge in [0.05, 0.1) is 11.1 Å². The molecule has 138 valence electrons. The van der Waals surface area contributed by atoms with E-state index in [1.165, 1.54) is 30.5 Å². The van der Waals surface area contributed by atoms with Crippen molar-refractivity contribution in [3.05, 3.63) is 59.4 Å². The van der Waals surface area contributed by atoms with E-state index in [-0.39, 0.29) is 22.9 Å². The van der Waals surface area contributed by atoms with E-state index < -0.39 is 23.1 Å². The van der Waals surface area contributed by atoms with Crippen LogP contribution in [0.5, 0.6) is 0 Å². The van der Waals surface area contributed by atoms with Crippen LogP contribution in [0.15, 0.2) is 36.5 Å². The number of halogens is 2. The highest BCUT2D eigenvalue weighted by molar-refractivity contribution is 5.93. The number of anilines is 1. The summed E-state index contributed by atoms with van der Waals surface area (Å²) in [6.45, 7) is 0. The van der Waals surface area contributed by atoms with Gasteiger partial charge in [0.1, 0.15) is 17.3 Å². The number of carbonyl (C=O) groups is 1. The number of primary amides is 1. The highest BCUT2D eigenvalue weighted by Crippen LogP contribution is 2.43. The first kappa shape index (κ1) is 17.1. The van der Waals surface area contributed by atoms with Gasteiger partial charge < -0.3 is 16.0 Å². The molecule has 3 aromatic rings. The van der Waals surface area contributed by atoms with Crippen LogP contribution in [0.2, 0.25) is 0 Å². The Labute approximate surface area is 153 Å². The van der Waals surface area contributed by atoms with Gasteiger partial charge in [0.2, 0.25) is 11.9 Å². The van der Waals surface area contributed by atoms with Crippen molar-refractivity contribution in [2.24, 2.45) is 5.73 Å². The number of hydrogen-bond donors (Lipinski definition) is 3. The van der Waals surface area contributed by atoms with Gasteiger partial charge in [0.15, 0.2) is 5.82 Å². The molecule has 0 unspecified atom stereocenters. The number of aromatic nitrogens is 4. The molecule has 1 aliphatic carbocycles. The maximum Gasteiger partial charge on any atom is 0.248 e. The summed E-state index contributed by atoms with van der Waals surface area (Å²) in [6, 6.07) is 6.64. The van der Waals surface area contributed by atoms with Gasteiger partial charge in [-0.3, -0.25) is 9.78 Å². The first-order valence-electron chi connectivity index (χ1n) is 8.40. The molecule has 2 aromatic heterocycles. The molecule has 1 amide bonds. The number of nitrogens with two attached hydrogens (primary N) is 1. The van der Waals surface area contributed by atoms with Crippen LogP contribution in [0.3, 0.4) is 0 Å². The predicted octanol–water partition coefficient (Wildman–Crippen LogP) is 2.74. The molecule has 9 heteroatoms. The fourth-order valence-electron chi connectivity index (χ4n) is 3.22. The molecule has 1 fully saturated rings. The van der Waals surface area contributed by atoms with Crippen molar-refractivity contribution >= 4 is 11.9 Å². The Morgan fingerprint density at radius 2 is 2.00 bits per heavy atom. The second-order valence-electron chi connectivity index (χ2n) is 6.48. The predicted molar refractivity (Wildman–Crippen MR) is 93.6 cm³/mol. The number of hydrogen-bond acceptors (Lipinski definition) is 5. The van der Waals surface area contributed by atoms with Crippen molar-refractivity contribution in [1.82, 2.24) is 20.2 Å². The zero-order valence-electron chi connectivity index (χ0n) is 14.2. The van der Waals surface area contributed by atoms with E-state index in [1.54, 1.807) is 0 Å². The SMILES string of the molecule is NC(=O)c1ccc(F)c(-c2nnc(NC3(c4ncccc4F)CCC3)[nH]2)c1. The molecular weight excluding hydrogens is 354 g/mol. The number of nitrogens with zero attached hydrogens (tertiary/aromatic N) is 3. The van der Waals surface area contributed by atoms with Crippen LogP contribution < -0.4 is 11.1 Å². The van der Waals surface area contributed by atoms with Gasteiger partial charge in [-0.1, -0.05) is 0 Å². The number of rotatable bonds is 5. The molecule has 4 N–H and O–H groups in total. The summed E-state index contributed by atoms with van der Waals surface area (Å²) in [7, 11) is 0. The van der Waals surface area contributed by atoms with E-state index >= 15 is 0 Å². The maximum absolute atomic E-state index is 14.2. The normalized spacial score (nSPS) is 15.2. The molecular formula is C18H16F2N6O. The number of aromatic amines is 1. The topological polar surface area (TPSA) is 110 Å². The van der Waals surface area contributed by atoms with Crippen molar-refractivity contribution in [2.45, 2.75) is 24.8 Å². The summed E-state index contributed by atoms with van der Waals surface area (Å²) in [5, 5.41) is 11.1. The summed E-state index contributed by atoms with van der Waals surface area (Å²) >= 11 is 0. The Balaban J connectivity index is 1.65. The molecule has 0 aliphatic heterocycles. The Hall–Kier alpha value is -3.36. The minimum atomic E-state index is -0.685. The van der Waals surface area contributed by atoms with Crippen molar-refractivity contribution in [3.8, 4) is 11.4 Å². The minimum absolute atomic E-state index is 0.0681. The van der Waals surface area contributed by atoms with Crippen LogP contribution in [-0.2, 0) is 5.54 Å². The third-order valence-electron chi connectivity index (χ3n) is 4.77. The van der Waals surface area contributed by atoms with Crippen molar-refractivity contribution in [3.63, 3.8) is 0 Å². The molecule has 2 heterocycles. The zero-order valence-corrected chi connectivity index (χ0v) is 14.2. The third-order valence-corrected chi connectivity index (χ3v) is 4.77. The summed E-state index contributed by atoms with van der Waals surface area (Å²) < 4.78 is 28.4. The van der Waals surface area contributed by atoms with E-state index in [9.17, 15) is 13.6 Å². The van der Waals surface area contributed by atoms with Gasteiger partial charge in [-0.05, 0) is 49.6 Å². The molecule has 1 aromatic carbocycles. The van der Waals surface area contributed by atoms with E-state index in [0.717, 1.165) is 12.5 Å². The first-order valence-corrected chi connectivity index (χ1v) is 8.40. The number of H-pyrrole nitrogens is 1. The van der Waals surface area contributed by atoms with Gasteiger partial charge in [0.25, 0.3) is 0 Å². The Bertz CT molecular complexity index is 1010. The molecule has 0 saturated heterocycles. The fraction of sp³-hybridized carbons (Fsp3) is 0.222. The number of benzene rings is 1. The second-order valence-corrected chi connectivity index (χ2v) is 6.48. The van der Waals surface area contributed by atoms with Gasteiger partial charge >= 0.3 is 0 Å². The summed E-state index contributed by atoms with van der Waals surface area (Å²) in [4.78, 5) is 18.4. The highest BCUT2D eigenvalue weighted by Gasteiger charge is 2.42. The number of pyridine rings is 1. The van der Waals surface area contributed by atoms with E-state index in [2.05, 4.69) is 25.5 Å². The fourth-order valence-corrected chi connectivity index (χ4v) is 3.22. The van der Waals surface area contributed by atoms with E-state index in [4.69, 9.17) is 5.73 Å². The molecule has 7 nitrogen and oxygen atoms in total. The van der Waals surface area contributed by atoms with Crippen LogP contribution in [0, 0.1) is 11.6 Å². The molecule has 0 atom stereocenters. The molecule has 0 bridgehead atoms. The minimum Gasteiger partial charge on any atom is -0.366 e. The van der Waals surface area contributed by atoms with Crippen molar-refractivity contribution < 1.29 is 13.6 Å².